The lowest BCUT2D eigenvalue weighted by Crippen LogP contribution is -2.26. The number of nitrogens with one attached hydrogen (secondary N) is 2. The van der Waals surface area contributed by atoms with E-state index in [1.54, 1.807) is 12.1 Å². The molecule has 2 aliphatic heterocycles. The third-order valence-corrected chi connectivity index (χ3v) is 4.34. The quantitative estimate of drug-likeness (QED) is 0.748. The van der Waals surface area contributed by atoms with Gasteiger partial charge in [0.15, 0.2) is 0 Å². The molecule has 1 saturated heterocycles. The maximum Gasteiger partial charge on any atom is 0.251 e. The van der Waals surface area contributed by atoms with Crippen molar-refractivity contribution in [2.45, 2.75) is 38.2 Å². The van der Waals surface area contributed by atoms with Crippen LogP contribution in [0.4, 0.5) is 5.69 Å². The van der Waals surface area contributed by atoms with Crippen molar-refractivity contribution in [1.82, 2.24) is 5.32 Å². The van der Waals surface area contributed by atoms with Crippen LogP contribution in [0, 0.1) is 0 Å². The fraction of sp³-hybridized carbons (Fsp3) is 0.556. The number of rotatable bonds is 7. The first-order valence-corrected chi connectivity index (χ1v) is 8.63. The average Bonchev–Trinajstić information content (AvgIpc) is 3.10. The highest BCUT2D eigenvalue weighted by molar-refractivity contribution is 5.97. The van der Waals surface area contributed by atoms with Gasteiger partial charge in [0, 0.05) is 37.4 Å². The molecule has 2 aliphatic rings. The summed E-state index contributed by atoms with van der Waals surface area (Å²) >= 11 is 0. The summed E-state index contributed by atoms with van der Waals surface area (Å²) in [5.74, 6) is -0.0588. The van der Waals surface area contributed by atoms with Crippen molar-refractivity contribution in [3.63, 3.8) is 0 Å². The van der Waals surface area contributed by atoms with Crippen LogP contribution in [0.2, 0.25) is 0 Å². The Hall–Kier alpha value is -1.92. The maximum atomic E-state index is 12.2. The van der Waals surface area contributed by atoms with Crippen molar-refractivity contribution < 1.29 is 19.1 Å². The zero-order chi connectivity index (χ0) is 16.8. The Morgan fingerprint density at radius 2 is 2.29 bits per heavy atom. The van der Waals surface area contributed by atoms with Crippen LogP contribution in [0.25, 0.3) is 0 Å². The molecule has 0 bridgehead atoms. The van der Waals surface area contributed by atoms with E-state index in [2.05, 4.69) is 10.6 Å². The van der Waals surface area contributed by atoms with Gasteiger partial charge in [-0.1, -0.05) is 0 Å². The number of fused-ring (bicyclic) bond motifs is 1. The molecule has 1 aromatic rings. The molecule has 1 fully saturated rings. The third-order valence-electron chi connectivity index (χ3n) is 4.34. The van der Waals surface area contributed by atoms with Crippen LogP contribution < -0.4 is 10.6 Å². The van der Waals surface area contributed by atoms with E-state index in [-0.39, 0.29) is 17.9 Å². The second-order valence-electron chi connectivity index (χ2n) is 6.24. The Morgan fingerprint density at radius 3 is 3.12 bits per heavy atom. The van der Waals surface area contributed by atoms with Crippen molar-refractivity contribution in [2.24, 2.45) is 0 Å². The lowest BCUT2D eigenvalue weighted by atomic mass is 10.00. The van der Waals surface area contributed by atoms with Gasteiger partial charge < -0.3 is 20.1 Å². The summed E-state index contributed by atoms with van der Waals surface area (Å²) < 4.78 is 11.1. The molecule has 6 nitrogen and oxygen atoms in total. The molecule has 6 heteroatoms. The molecule has 0 radical (unpaired) electrons. The summed E-state index contributed by atoms with van der Waals surface area (Å²) in [6, 6.07) is 5.40. The number of ether oxygens (including phenoxy) is 2. The van der Waals surface area contributed by atoms with Gasteiger partial charge in [0.2, 0.25) is 5.91 Å². The molecule has 1 aromatic carbocycles. The van der Waals surface area contributed by atoms with Crippen LogP contribution in [-0.2, 0) is 20.7 Å². The first-order chi connectivity index (χ1) is 11.7. The van der Waals surface area contributed by atoms with Crippen LogP contribution in [-0.4, -0.2) is 44.3 Å². The number of amides is 2. The van der Waals surface area contributed by atoms with E-state index < -0.39 is 0 Å². The van der Waals surface area contributed by atoms with Gasteiger partial charge >= 0.3 is 0 Å². The van der Waals surface area contributed by atoms with Crippen LogP contribution in [0.1, 0.15) is 41.6 Å². The molecule has 0 spiro atoms. The van der Waals surface area contributed by atoms with E-state index in [4.69, 9.17) is 9.47 Å². The maximum absolute atomic E-state index is 12.2. The van der Waals surface area contributed by atoms with E-state index in [1.165, 1.54) is 0 Å². The first-order valence-electron chi connectivity index (χ1n) is 8.63. The second kappa shape index (κ2) is 8.26. The number of benzene rings is 1. The summed E-state index contributed by atoms with van der Waals surface area (Å²) in [7, 11) is 0. The smallest absolute Gasteiger partial charge is 0.251 e. The molecule has 130 valence electrons. The number of anilines is 1. The van der Waals surface area contributed by atoms with E-state index in [1.807, 2.05) is 6.07 Å². The predicted molar refractivity (Wildman–Crippen MR) is 90.1 cm³/mol. The first kappa shape index (κ1) is 16.9. The van der Waals surface area contributed by atoms with Crippen molar-refractivity contribution in [3.8, 4) is 0 Å². The Balaban J connectivity index is 1.36. The highest BCUT2D eigenvalue weighted by Gasteiger charge is 2.17. The van der Waals surface area contributed by atoms with Gasteiger partial charge in [0.1, 0.15) is 0 Å². The molecule has 0 aliphatic carbocycles. The van der Waals surface area contributed by atoms with Crippen LogP contribution >= 0.6 is 0 Å². The highest BCUT2D eigenvalue weighted by Crippen LogP contribution is 2.23. The summed E-state index contributed by atoms with van der Waals surface area (Å²) in [4.78, 5) is 23.5. The number of hydrogen-bond acceptors (Lipinski definition) is 4. The number of carbonyl (C=O) groups is 2. The fourth-order valence-electron chi connectivity index (χ4n) is 2.99. The van der Waals surface area contributed by atoms with Crippen LogP contribution in [0.15, 0.2) is 18.2 Å². The van der Waals surface area contributed by atoms with E-state index in [0.717, 1.165) is 37.1 Å². The lowest BCUT2D eigenvalue weighted by molar-refractivity contribution is -0.116. The molecule has 2 amide bonds. The summed E-state index contributed by atoms with van der Waals surface area (Å²) in [6.45, 7) is 2.69. The van der Waals surface area contributed by atoms with Crippen molar-refractivity contribution >= 4 is 17.5 Å². The van der Waals surface area contributed by atoms with Gasteiger partial charge in [-0.05, 0) is 49.4 Å². The normalized spacial score (nSPS) is 19.7. The Morgan fingerprint density at radius 1 is 1.38 bits per heavy atom. The minimum Gasteiger partial charge on any atom is -0.379 e. The molecule has 2 N–H and O–H groups in total. The molecule has 3 rings (SSSR count). The van der Waals surface area contributed by atoms with Gasteiger partial charge in [-0.15, -0.1) is 0 Å². The second-order valence-corrected chi connectivity index (χ2v) is 6.24. The summed E-state index contributed by atoms with van der Waals surface area (Å²) in [6.07, 6.45) is 4.37. The largest absolute Gasteiger partial charge is 0.379 e. The van der Waals surface area contributed by atoms with E-state index in [0.29, 0.717) is 38.2 Å². The number of aryl methyl sites for hydroxylation is 1. The van der Waals surface area contributed by atoms with Crippen molar-refractivity contribution in [3.05, 3.63) is 29.3 Å². The van der Waals surface area contributed by atoms with Crippen molar-refractivity contribution in [1.29, 1.82) is 0 Å². The van der Waals surface area contributed by atoms with Gasteiger partial charge in [0.25, 0.3) is 5.91 Å². The van der Waals surface area contributed by atoms with E-state index in [9.17, 15) is 9.59 Å². The van der Waals surface area contributed by atoms with Gasteiger partial charge in [-0.25, -0.2) is 0 Å². The predicted octanol–water partition coefficient (Wildman–Crippen LogP) is 1.89. The minimum atomic E-state index is -0.0890. The molecule has 0 saturated carbocycles. The monoisotopic (exact) mass is 332 g/mol. The Bertz CT molecular complexity index is 597. The van der Waals surface area contributed by atoms with Crippen molar-refractivity contribution in [2.75, 3.05) is 31.7 Å². The lowest BCUT2D eigenvalue weighted by Gasteiger charge is -2.17. The molecular formula is C18H24N2O4. The third kappa shape index (κ3) is 4.55. The topological polar surface area (TPSA) is 76.7 Å². The van der Waals surface area contributed by atoms with Gasteiger partial charge in [-0.2, -0.15) is 0 Å². The zero-order valence-electron chi connectivity index (χ0n) is 13.8. The van der Waals surface area contributed by atoms with Crippen LogP contribution in [0.5, 0.6) is 0 Å². The molecule has 2 heterocycles. The average molecular weight is 332 g/mol. The summed E-state index contributed by atoms with van der Waals surface area (Å²) in [5.41, 5.74) is 2.46. The minimum absolute atomic E-state index is 0.0303. The highest BCUT2D eigenvalue weighted by atomic mass is 16.5. The molecular weight excluding hydrogens is 308 g/mol. The standard InChI is InChI=1S/C18H24N2O4/c21-17-7-5-13-11-14(4-6-16(13)20-17)18(22)19-8-2-9-23-12-15-3-1-10-24-15/h4,6,11,15H,1-3,5,7-10,12H2,(H,19,22)(H,20,21)/t15-/m1/s1. The molecule has 0 aromatic heterocycles. The molecule has 0 unspecified atom stereocenters. The number of carbonyl (C=O) groups excluding carboxylic acids is 2. The zero-order valence-corrected chi connectivity index (χ0v) is 13.8. The summed E-state index contributed by atoms with van der Waals surface area (Å²) in [5, 5.41) is 5.72. The SMILES string of the molecule is O=C1CCc2cc(C(=O)NCCCOC[C@H]3CCCO3)ccc2N1. The molecule has 24 heavy (non-hydrogen) atoms. The van der Waals surface area contributed by atoms with Crippen LogP contribution in [0.3, 0.4) is 0 Å². The Labute approximate surface area is 141 Å². The fourth-order valence-corrected chi connectivity index (χ4v) is 2.99. The van der Waals surface area contributed by atoms with Gasteiger partial charge in [0.05, 0.1) is 12.7 Å². The van der Waals surface area contributed by atoms with E-state index >= 15 is 0 Å². The number of hydrogen-bond donors (Lipinski definition) is 2. The molecule has 1 atom stereocenters. The Kier molecular flexibility index (Phi) is 5.82. The van der Waals surface area contributed by atoms with Gasteiger partial charge in [-0.3, -0.25) is 9.59 Å².